The Balaban J connectivity index is 1.52. The lowest BCUT2D eigenvalue weighted by atomic mass is 9.97. The molecule has 150 valence electrons. The van der Waals surface area contributed by atoms with E-state index in [-0.39, 0.29) is 11.9 Å². The Bertz CT molecular complexity index is 864. The van der Waals surface area contributed by atoms with Gasteiger partial charge in [0.05, 0.1) is 4.90 Å². The molecular weight excluding hydrogens is 374 g/mol. The van der Waals surface area contributed by atoms with Gasteiger partial charge in [0.2, 0.25) is 10.0 Å². The molecule has 1 atom stereocenters. The number of carbonyl (C=O) groups excluding carboxylic acids is 1. The van der Waals surface area contributed by atoms with Gasteiger partial charge in [0.1, 0.15) is 0 Å². The lowest BCUT2D eigenvalue weighted by molar-refractivity contribution is 0.171. The molecule has 1 N–H and O–H groups in total. The molecule has 2 aromatic carbocycles. The first-order valence-corrected chi connectivity index (χ1v) is 11.1. The predicted molar refractivity (Wildman–Crippen MR) is 110 cm³/mol. The second kappa shape index (κ2) is 9.21. The van der Waals surface area contributed by atoms with Crippen LogP contribution in [0.15, 0.2) is 65.6 Å². The minimum absolute atomic E-state index is 0.133. The Hall–Kier alpha value is -2.38. The molecule has 1 heterocycles. The summed E-state index contributed by atoms with van der Waals surface area (Å²) in [6.07, 6.45) is 0.938. The highest BCUT2D eigenvalue weighted by Crippen LogP contribution is 2.19. The fraction of sp³-hybridized carbons (Fsp3) is 0.381. The lowest BCUT2D eigenvalue weighted by Gasteiger charge is -2.34. The van der Waals surface area contributed by atoms with E-state index < -0.39 is 10.0 Å². The average molecular weight is 402 g/mol. The van der Waals surface area contributed by atoms with E-state index in [4.69, 9.17) is 0 Å². The van der Waals surface area contributed by atoms with E-state index in [0.717, 1.165) is 6.42 Å². The molecule has 2 aromatic rings. The summed E-state index contributed by atoms with van der Waals surface area (Å²) in [5.41, 5.74) is 1.21. The van der Waals surface area contributed by atoms with Crippen LogP contribution in [0, 0.1) is 0 Å². The molecule has 0 radical (unpaired) electrons. The van der Waals surface area contributed by atoms with Gasteiger partial charge < -0.3 is 10.2 Å². The molecule has 0 bridgehead atoms. The van der Waals surface area contributed by atoms with Crippen LogP contribution in [-0.2, 0) is 10.0 Å². The van der Waals surface area contributed by atoms with Gasteiger partial charge in [-0.05, 0) is 24.1 Å². The standard InChI is InChI=1S/C21H27N3O3S/c1-2-18(19-9-5-3-6-10-19)17-22-21(25)23-13-15-24(16-14-23)28(26,27)20-11-7-4-8-12-20/h3-12,18H,2,13-17H2,1H3,(H,22,25). The van der Waals surface area contributed by atoms with Crippen molar-refractivity contribution in [3.63, 3.8) is 0 Å². The maximum atomic E-state index is 12.7. The van der Waals surface area contributed by atoms with Crippen molar-refractivity contribution < 1.29 is 13.2 Å². The zero-order chi connectivity index (χ0) is 20.0. The summed E-state index contributed by atoms with van der Waals surface area (Å²) in [6, 6.07) is 18.4. The monoisotopic (exact) mass is 401 g/mol. The van der Waals surface area contributed by atoms with Crippen LogP contribution in [0.3, 0.4) is 0 Å². The first-order chi connectivity index (χ1) is 13.5. The molecule has 6 nitrogen and oxygen atoms in total. The molecule has 0 spiro atoms. The van der Waals surface area contributed by atoms with Gasteiger partial charge in [0.15, 0.2) is 0 Å². The molecule has 1 saturated heterocycles. The van der Waals surface area contributed by atoms with E-state index in [2.05, 4.69) is 24.4 Å². The summed E-state index contributed by atoms with van der Waals surface area (Å²) < 4.78 is 26.8. The summed E-state index contributed by atoms with van der Waals surface area (Å²) in [5, 5.41) is 3.01. The van der Waals surface area contributed by atoms with Gasteiger partial charge in [-0.2, -0.15) is 4.31 Å². The van der Waals surface area contributed by atoms with Crippen molar-refractivity contribution in [2.45, 2.75) is 24.2 Å². The Labute approximate surface area is 167 Å². The number of nitrogens with one attached hydrogen (secondary N) is 1. The van der Waals surface area contributed by atoms with Gasteiger partial charge in [0, 0.05) is 38.6 Å². The Morgan fingerprint density at radius 2 is 1.54 bits per heavy atom. The van der Waals surface area contributed by atoms with Crippen LogP contribution in [0.2, 0.25) is 0 Å². The highest BCUT2D eigenvalue weighted by Gasteiger charge is 2.30. The fourth-order valence-corrected chi connectivity index (χ4v) is 4.86. The van der Waals surface area contributed by atoms with Crippen molar-refractivity contribution in [3.05, 3.63) is 66.2 Å². The topological polar surface area (TPSA) is 69.7 Å². The molecule has 1 aliphatic heterocycles. The third-order valence-electron chi connectivity index (χ3n) is 5.17. The Morgan fingerprint density at radius 1 is 0.964 bits per heavy atom. The van der Waals surface area contributed by atoms with Gasteiger partial charge in [-0.1, -0.05) is 55.5 Å². The molecule has 7 heteroatoms. The first kappa shape index (κ1) is 20.4. The maximum Gasteiger partial charge on any atom is 0.317 e. The first-order valence-electron chi connectivity index (χ1n) is 9.65. The number of benzene rings is 2. The number of rotatable bonds is 6. The van der Waals surface area contributed by atoms with Gasteiger partial charge in [-0.25, -0.2) is 13.2 Å². The smallest absolute Gasteiger partial charge is 0.317 e. The normalized spacial score (nSPS) is 16.5. The molecule has 1 aliphatic rings. The molecule has 28 heavy (non-hydrogen) atoms. The zero-order valence-electron chi connectivity index (χ0n) is 16.1. The summed E-state index contributed by atoms with van der Waals surface area (Å²) in [7, 11) is -3.50. The van der Waals surface area contributed by atoms with Crippen molar-refractivity contribution in [3.8, 4) is 0 Å². The van der Waals surface area contributed by atoms with Crippen LogP contribution >= 0.6 is 0 Å². The molecule has 1 unspecified atom stereocenters. The number of piperazine rings is 1. The van der Waals surface area contributed by atoms with E-state index in [9.17, 15) is 13.2 Å². The largest absolute Gasteiger partial charge is 0.337 e. The van der Waals surface area contributed by atoms with Crippen LogP contribution in [-0.4, -0.2) is 56.4 Å². The maximum absolute atomic E-state index is 12.7. The second-order valence-corrected chi connectivity index (χ2v) is 8.84. The predicted octanol–water partition coefficient (Wildman–Crippen LogP) is 2.90. The number of hydrogen-bond donors (Lipinski definition) is 1. The average Bonchev–Trinajstić information content (AvgIpc) is 2.75. The van der Waals surface area contributed by atoms with E-state index in [1.165, 1.54) is 9.87 Å². The van der Waals surface area contributed by atoms with Crippen LogP contribution < -0.4 is 5.32 Å². The number of hydrogen-bond acceptors (Lipinski definition) is 3. The Morgan fingerprint density at radius 3 is 2.11 bits per heavy atom. The highest BCUT2D eigenvalue weighted by atomic mass is 32.2. The minimum atomic E-state index is -3.50. The second-order valence-electron chi connectivity index (χ2n) is 6.91. The van der Waals surface area contributed by atoms with Gasteiger partial charge in [-0.3, -0.25) is 0 Å². The third kappa shape index (κ3) is 4.72. The number of nitrogens with zero attached hydrogens (tertiary/aromatic N) is 2. The SMILES string of the molecule is CCC(CNC(=O)N1CCN(S(=O)(=O)c2ccccc2)CC1)c1ccccc1. The minimum Gasteiger partial charge on any atom is -0.337 e. The molecular formula is C21H27N3O3S. The van der Waals surface area contributed by atoms with E-state index in [1.54, 1.807) is 35.2 Å². The van der Waals surface area contributed by atoms with Crippen LogP contribution in [0.1, 0.15) is 24.8 Å². The van der Waals surface area contributed by atoms with Crippen molar-refractivity contribution in [2.24, 2.45) is 0 Å². The number of carbonyl (C=O) groups is 1. The zero-order valence-corrected chi connectivity index (χ0v) is 16.9. The third-order valence-corrected chi connectivity index (χ3v) is 7.08. The summed E-state index contributed by atoms with van der Waals surface area (Å²) in [4.78, 5) is 14.5. The quantitative estimate of drug-likeness (QED) is 0.809. The Kier molecular flexibility index (Phi) is 6.70. The van der Waals surface area contributed by atoms with Crippen molar-refractivity contribution in [2.75, 3.05) is 32.7 Å². The van der Waals surface area contributed by atoms with E-state index in [1.807, 2.05) is 18.2 Å². The summed E-state index contributed by atoms with van der Waals surface area (Å²) in [6.45, 7) is 4.07. The molecule has 0 aromatic heterocycles. The molecule has 3 rings (SSSR count). The fourth-order valence-electron chi connectivity index (χ4n) is 3.42. The number of amides is 2. The van der Waals surface area contributed by atoms with Crippen LogP contribution in [0.25, 0.3) is 0 Å². The molecule has 2 amide bonds. The van der Waals surface area contributed by atoms with Crippen molar-refractivity contribution in [1.29, 1.82) is 0 Å². The molecule has 1 fully saturated rings. The number of sulfonamides is 1. The van der Waals surface area contributed by atoms with E-state index in [0.29, 0.717) is 37.6 Å². The molecule has 0 saturated carbocycles. The van der Waals surface area contributed by atoms with E-state index >= 15 is 0 Å². The molecule has 0 aliphatic carbocycles. The van der Waals surface area contributed by atoms with Gasteiger partial charge in [-0.15, -0.1) is 0 Å². The van der Waals surface area contributed by atoms with Gasteiger partial charge >= 0.3 is 6.03 Å². The van der Waals surface area contributed by atoms with Crippen molar-refractivity contribution in [1.82, 2.24) is 14.5 Å². The number of urea groups is 1. The highest BCUT2D eigenvalue weighted by molar-refractivity contribution is 7.89. The summed E-state index contributed by atoms with van der Waals surface area (Å²) >= 11 is 0. The van der Waals surface area contributed by atoms with Gasteiger partial charge in [0.25, 0.3) is 0 Å². The van der Waals surface area contributed by atoms with Crippen molar-refractivity contribution >= 4 is 16.1 Å². The lowest BCUT2D eigenvalue weighted by Crippen LogP contribution is -2.53. The van der Waals surface area contributed by atoms with Crippen LogP contribution in [0.4, 0.5) is 4.79 Å². The summed E-state index contributed by atoms with van der Waals surface area (Å²) in [5.74, 6) is 0.268. The van der Waals surface area contributed by atoms with Crippen LogP contribution in [0.5, 0.6) is 0 Å².